The molecule has 3 saturated heterocycles. The van der Waals surface area contributed by atoms with Crippen LogP contribution in [0.4, 0.5) is 0 Å². The Morgan fingerprint density at radius 3 is 0.955 bits per heavy atom. The van der Waals surface area contributed by atoms with Crippen LogP contribution in [0.3, 0.4) is 0 Å². The van der Waals surface area contributed by atoms with Crippen LogP contribution in [0.1, 0.15) is 399 Å². The largest absolute Gasteiger partial charge is 0.394 e. The Hall–Kier alpha value is -2.25. The molecule has 1 amide bonds. The lowest BCUT2D eigenvalue weighted by atomic mass is 9.96. The van der Waals surface area contributed by atoms with Crippen LogP contribution in [0.5, 0.6) is 0 Å². The number of unbranched alkanes of at least 4 members (excludes halogenated alkanes) is 54. The van der Waals surface area contributed by atoms with Gasteiger partial charge >= 0.3 is 0 Å². The maximum absolute atomic E-state index is 13.5. The van der Waals surface area contributed by atoms with E-state index in [0.29, 0.717) is 12.8 Å². The fourth-order valence-electron chi connectivity index (χ4n) is 15.7. The van der Waals surface area contributed by atoms with E-state index in [9.17, 15) is 61.0 Å². The van der Waals surface area contributed by atoms with Crippen LogP contribution in [-0.4, -0.2) is 193 Å². The first kappa shape index (κ1) is 103. The molecule has 3 aliphatic heterocycles. The maximum Gasteiger partial charge on any atom is 0.220 e. The van der Waals surface area contributed by atoms with Crippen molar-refractivity contribution in [2.75, 3.05) is 26.4 Å². The molecule has 0 aromatic heterocycles. The summed E-state index contributed by atoms with van der Waals surface area (Å²) in [4.78, 5) is 13.5. The summed E-state index contributed by atoms with van der Waals surface area (Å²) < 4.78 is 34.5. The van der Waals surface area contributed by atoms with Gasteiger partial charge in [-0.1, -0.05) is 377 Å². The highest BCUT2D eigenvalue weighted by Gasteiger charge is 2.54. The van der Waals surface area contributed by atoms with Crippen LogP contribution >= 0.6 is 0 Å². The molecular formula is C92H171NO18. The van der Waals surface area contributed by atoms with Crippen molar-refractivity contribution in [1.82, 2.24) is 5.32 Å². The maximum atomic E-state index is 13.5. The highest BCUT2D eigenvalue weighted by molar-refractivity contribution is 5.76. The van der Waals surface area contributed by atoms with Crippen LogP contribution in [-0.2, 0) is 33.2 Å². The van der Waals surface area contributed by atoms with Crippen LogP contribution in [0.25, 0.3) is 0 Å². The number of aliphatic hydroxyl groups is 11. The Morgan fingerprint density at radius 2 is 0.604 bits per heavy atom. The number of allylic oxidation sites excluding steroid dienone is 7. The van der Waals surface area contributed by atoms with Crippen molar-refractivity contribution in [2.45, 2.75) is 503 Å². The second-order valence-corrected chi connectivity index (χ2v) is 33.1. The lowest BCUT2D eigenvalue weighted by Crippen LogP contribution is -2.66. The molecule has 3 heterocycles. The van der Waals surface area contributed by atoms with Crippen molar-refractivity contribution in [3.05, 3.63) is 48.6 Å². The second-order valence-electron chi connectivity index (χ2n) is 33.1. The Bertz CT molecular complexity index is 2190. The third kappa shape index (κ3) is 50.3. The highest BCUT2D eigenvalue weighted by Crippen LogP contribution is 2.34. The summed E-state index contributed by atoms with van der Waals surface area (Å²) >= 11 is 0. The fraction of sp³-hybridized carbons (Fsp3) is 0.902. The summed E-state index contributed by atoms with van der Waals surface area (Å²) in [5.74, 6) is -0.277. The Balaban J connectivity index is 1.31. The van der Waals surface area contributed by atoms with E-state index in [0.717, 1.165) is 44.9 Å². The molecule has 3 fully saturated rings. The van der Waals surface area contributed by atoms with Gasteiger partial charge in [0.25, 0.3) is 0 Å². The van der Waals surface area contributed by atoms with Crippen LogP contribution in [0.15, 0.2) is 48.6 Å². The molecule has 3 rings (SSSR count). The molecular weight excluding hydrogens is 1410 g/mol. The van der Waals surface area contributed by atoms with Crippen molar-refractivity contribution in [1.29, 1.82) is 0 Å². The average Bonchev–Trinajstić information content (AvgIpc) is 0.780. The number of amides is 1. The highest BCUT2D eigenvalue weighted by atomic mass is 16.8. The summed E-state index contributed by atoms with van der Waals surface area (Å²) in [5.41, 5.74) is 0. The molecule has 19 nitrogen and oxygen atoms in total. The van der Waals surface area contributed by atoms with E-state index in [1.54, 1.807) is 6.08 Å². The van der Waals surface area contributed by atoms with Gasteiger partial charge in [-0.3, -0.25) is 4.79 Å². The molecule has 19 heteroatoms. The van der Waals surface area contributed by atoms with Crippen molar-refractivity contribution >= 4 is 5.91 Å². The summed E-state index contributed by atoms with van der Waals surface area (Å²) in [7, 11) is 0. The summed E-state index contributed by atoms with van der Waals surface area (Å²) in [6, 6.07) is -0.991. The number of carbonyl (C=O) groups is 1. The van der Waals surface area contributed by atoms with E-state index in [1.165, 1.54) is 321 Å². The molecule has 0 radical (unpaired) electrons. The number of carbonyl (C=O) groups excluding carboxylic acids is 1. The van der Waals surface area contributed by atoms with Gasteiger partial charge in [0.1, 0.15) is 73.2 Å². The van der Waals surface area contributed by atoms with Crippen LogP contribution in [0, 0.1) is 0 Å². The molecule has 0 aromatic carbocycles. The number of ether oxygens (including phenoxy) is 6. The molecule has 0 aromatic rings. The molecule has 0 spiro atoms. The Kier molecular flexibility index (Phi) is 66.6. The van der Waals surface area contributed by atoms with Gasteiger partial charge in [-0.15, -0.1) is 0 Å². The molecule has 3 aliphatic rings. The quantitative estimate of drug-likeness (QED) is 0.0199. The number of hydrogen-bond donors (Lipinski definition) is 12. The smallest absolute Gasteiger partial charge is 0.220 e. The van der Waals surface area contributed by atoms with Crippen LogP contribution < -0.4 is 5.32 Å². The lowest BCUT2D eigenvalue weighted by Gasteiger charge is -2.48. The molecule has 12 N–H and O–H groups in total. The van der Waals surface area contributed by atoms with Gasteiger partial charge in [-0.2, -0.15) is 0 Å². The lowest BCUT2D eigenvalue weighted by molar-refractivity contribution is -0.379. The van der Waals surface area contributed by atoms with E-state index in [-0.39, 0.29) is 18.9 Å². The number of rotatable bonds is 76. The summed E-state index contributed by atoms with van der Waals surface area (Å²) in [6.07, 6.45) is 67.1. The van der Waals surface area contributed by atoms with Gasteiger partial charge in [0.05, 0.1) is 38.6 Å². The van der Waals surface area contributed by atoms with Gasteiger partial charge in [-0.05, 0) is 64.2 Å². The molecule has 0 bridgehead atoms. The minimum Gasteiger partial charge on any atom is -0.394 e. The molecule has 111 heavy (non-hydrogen) atoms. The first-order valence-electron chi connectivity index (χ1n) is 46.4. The third-order valence-corrected chi connectivity index (χ3v) is 23.1. The van der Waals surface area contributed by atoms with Crippen LogP contribution in [0.2, 0.25) is 0 Å². The number of hydrogen-bond acceptors (Lipinski definition) is 18. The standard InChI is InChI=1S/C92H171NO18/c1-3-5-7-9-11-13-15-17-19-21-23-25-27-29-31-32-33-34-35-36-37-38-39-40-41-42-44-46-48-50-52-54-56-58-60-62-64-66-68-70-80(98)93-75(76(97)69-67-65-63-61-59-57-55-53-51-49-47-45-43-30-28-26-24-22-20-18-16-14-12-10-8-6-4-2)74-106-90-86(104)83(101)88(78(72-95)108-90)111-92-87(105)84(102)89(79(73-96)109-92)110-91-85(103)82(100)81(99)77(71-94)107-91/h15,17,21,23,59,61,67,69,75-79,81-92,94-97,99-105H,3-14,16,18-20,22,24-58,60,62-66,68,70-74H2,1-2H3,(H,93,98)/b17-15-,23-21-,61-59+,69-67+. The normalized spacial score (nSPS) is 25.2. The third-order valence-electron chi connectivity index (χ3n) is 23.1. The zero-order valence-corrected chi connectivity index (χ0v) is 70.5. The molecule has 0 aliphatic carbocycles. The predicted molar refractivity (Wildman–Crippen MR) is 448 cm³/mol. The molecule has 652 valence electrons. The predicted octanol–water partition coefficient (Wildman–Crippen LogP) is 18.0. The minimum atomic E-state index is -1.98. The summed E-state index contributed by atoms with van der Waals surface area (Å²) in [6.45, 7) is 1.77. The zero-order valence-electron chi connectivity index (χ0n) is 70.5. The van der Waals surface area contributed by atoms with E-state index >= 15 is 0 Å². The topological polar surface area (TPSA) is 307 Å². The van der Waals surface area contributed by atoms with Crippen molar-refractivity contribution in [3.63, 3.8) is 0 Å². The van der Waals surface area contributed by atoms with Gasteiger partial charge in [0.2, 0.25) is 5.91 Å². The van der Waals surface area contributed by atoms with Gasteiger partial charge in [0, 0.05) is 6.42 Å². The van der Waals surface area contributed by atoms with Gasteiger partial charge in [0.15, 0.2) is 18.9 Å². The van der Waals surface area contributed by atoms with E-state index in [2.05, 4.69) is 55.6 Å². The van der Waals surface area contributed by atoms with Crippen molar-refractivity contribution in [2.24, 2.45) is 0 Å². The van der Waals surface area contributed by atoms with Crippen molar-refractivity contribution < 1.29 is 89.4 Å². The van der Waals surface area contributed by atoms with E-state index < -0.39 is 124 Å². The van der Waals surface area contributed by atoms with Gasteiger partial charge in [-0.25, -0.2) is 0 Å². The fourth-order valence-corrected chi connectivity index (χ4v) is 15.7. The monoisotopic (exact) mass is 1580 g/mol. The molecule has 0 saturated carbocycles. The van der Waals surface area contributed by atoms with Crippen molar-refractivity contribution in [3.8, 4) is 0 Å². The minimum absolute atomic E-state index is 0.240. The Morgan fingerprint density at radius 1 is 0.324 bits per heavy atom. The number of nitrogens with one attached hydrogen (secondary N) is 1. The molecule has 17 unspecified atom stereocenters. The first-order chi connectivity index (χ1) is 54.3. The van der Waals surface area contributed by atoms with Gasteiger partial charge < -0.3 is 89.9 Å². The van der Waals surface area contributed by atoms with E-state index in [4.69, 9.17) is 28.4 Å². The average molecular weight is 1580 g/mol. The summed E-state index contributed by atoms with van der Waals surface area (Å²) in [5, 5.41) is 121. The Labute approximate surface area is 675 Å². The first-order valence-corrected chi connectivity index (χ1v) is 46.4. The number of aliphatic hydroxyl groups excluding tert-OH is 11. The van der Waals surface area contributed by atoms with E-state index in [1.807, 2.05) is 6.08 Å². The zero-order chi connectivity index (χ0) is 80.3. The molecule has 17 atom stereocenters. The SMILES string of the molecule is CCCCCCC/C=C\C/C=C\CCCCCCCCCCCCCCCCCCCCCCCCCCCCCC(=O)NC(COC1OC(CO)C(OC2OC(CO)C(OC3OC(CO)C(O)C(O)C3O)C(O)C2O)C(O)C1O)C(O)/C=C/CC/C=C/CCCCCCCCCCCCCCCCCCCCCCC. The second kappa shape index (κ2) is 71.8.